The Kier molecular flexibility index (Phi) is 14.9. The SMILES string of the molecule is CC/C(=C\C(=C(C)C)/C(C)=C(\C)N1CCCCC1)c1cnccn1.CCC=C(C)C.Cl. The van der Waals surface area contributed by atoms with Crippen LogP contribution >= 0.6 is 12.4 Å². The second kappa shape index (κ2) is 15.9. The van der Waals surface area contributed by atoms with Gasteiger partial charge >= 0.3 is 0 Å². The van der Waals surface area contributed by atoms with Crippen molar-refractivity contribution in [2.75, 3.05) is 13.1 Å². The van der Waals surface area contributed by atoms with Crippen LogP contribution in [0, 0.1) is 0 Å². The highest BCUT2D eigenvalue weighted by molar-refractivity contribution is 5.85. The van der Waals surface area contributed by atoms with Gasteiger partial charge in [-0.05, 0) is 96.4 Å². The quantitative estimate of drug-likeness (QED) is 0.326. The van der Waals surface area contributed by atoms with E-state index in [1.54, 1.807) is 12.4 Å². The molecule has 0 unspecified atom stereocenters. The molecule has 0 atom stereocenters. The predicted octanol–water partition coefficient (Wildman–Crippen LogP) is 8.17. The van der Waals surface area contributed by atoms with E-state index >= 15 is 0 Å². The molecule has 1 aromatic heterocycles. The van der Waals surface area contributed by atoms with Crippen molar-refractivity contribution in [1.29, 1.82) is 0 Å². The van der Waals surface area contributed by atoms with Gasteiger partial charge in [0.15, 0.2) is 0 Å². The van der Waals surface area contributed by atoms with Crippen LogP contribution in [0.3, 0.4) is 0 Å². The van der Waals surface area contributed by atoms with Gasteiger partial charge < -0.3 is 4.90 Å². The zero-order valence-corrected chi connectivity index (χ0v) is 21.9. The van der Waals surface area contributed by atoms with Crippen molar-refractivity contribution in [3.63, 3.8) is 0 Å². The van der Waals surface area contributed by atoms with Gasteiger partial charge in [0.05, 0.1) is 11.9 Å². The van der Waals surface area contributed by atoms with Crippen LogP contribution in [-0.4, -0.2) is 28.0 Å². The van der Waals surface area contributed by atoms with Gasteiger partial charge in [-0.3, -0.25) is 9.97 Å². The normalized spacial score (nSPS) is 14.5. The Morgan fingerprint density at radius 2 is 1.61 bits per heavy atom. The first kappa shape index (κ1) is 29.1. The van der Waals surface area contributed by atoms with Crippen LogP contribution < -0.4 is 0 Å². The number of piperidine rings is 1. The van der Waals surface area contributed by atoms with Gasteiger partial charge in [-0.2, -0.15) is 0 Å². The van der Waals surface area contributed by atoms with Crippen LogP contribution in [-0.2, 0) is 0 Å². The summed E-state index contributed by atoms with van der Waals surface area (Å²) in [5.74, 6) is 0. The van der Waals surface area contributed by atoms with E-state index in [1.165, 1.54) is 72.3 Å². The molecule has 2 rings (SSSR count). The van der Waals surface area contributed by atoms with E-state index in [9.17, 15) is 0 Å². The van der Waals surface area contributed by atoms with Crippen LogP contribution in [0.4, 0.5) is 0 Å². The molecule has 1 saturated heterocycles. The predicted molar refractivity (Wildman–Crippen MR) is 139 cm³/mol. The first-order valence-corrected chi connectivity index (χ1v) is 11.5. The number of likely N-dealkylation sites (tertiary alicyclic amines) is 1. The Hall–Kier alpha value is -1.87. The van der Waals surface area contributed by atoms with Crippen molar-refractivity contribution in [1.82, 2.24) is 14.9 Å². The summed E-state index contributed by atoms with van der Waals surface area (Å²) in [6.07, 6.45) is 16.0. The average Bonchev–Trinajstić information content (AvgIpc) is 2.75. The topological polar surface area (TPSA) is 29.0 Å². The van der Waals surface area contributed by atoms with Crippen LogP contribution in [0.15, 0.2) is 58.7 Å². The first-order chi connectivity index (χ1) is 14.3. The second-order valence-corrected chi connectivity index (χ2v) is 8.48. The van der Waals surface area contributed by atoms with E-state index in [4.69, 9.17) is 0 Å². The molecule has 0 spiro atoms. The summed E-state index contributed by atoms with van der Waals surface area (Å²) in [6.45, 7) is 19.9. The monoisotopic (exact) mass is 445 g/mol. The molecule has 3 nitrogen and oxygen atoms in total. The molecule has 0 bridgehead atoms. The fourth-order valence-corrected chi connectivity index (χ4v) is 3.69. The van der Waals surface area contributed by atoms with Crippen LogP contribution in [0.2, 0.25) is 0 Å². The lowest BCUT2D eigenvalue weighted by Crippen LogP contribution is -2.28. The Morgan fingerprint density at radius 1 is 0.968 bits per heavy atom. The molecule has 0 aliphatic carbocycles. The second-order valence-electron chi connectivity index (χ2n) is 8.48. The lowest BCUT2D eigenvalue weighted by Gasteiger charge is -2.31. The minimum atomic E-state index is 0. The highest BCUT2D eigenvalue weighted by atomic mass is 35.5. The van der Waals surface area contributed by atoms with Gasteiger partial charge in [0.25, 0.3) is 0 Å². The van der Waals surface area contributed by atoms with Gasteiger partial charge in [-0.15, -0.1) is 12.4 Å². The summed E-state index contributed by atoms with van der Waals surface area (Å²) >= 11 is 0. The molecule has 0 amide bonds. The van der Waals surface area contributed by atoms with Crippen molar-refractivity contribution in [2.45, 2.75) is 87.5 Å². The molecule has 0 aromatic carbocycles. The smallest absolute Gasteiger partial charge is 0.0844 e. The third-order valence-electron chi connectivity index (χ3n) is 5.52. The zero-order valence-electron chi connectivity index (χ0n) is 21.1. The molecule has 2 heterocycles. The number of hydrogen-bond acceptors (Lipinski definition) is 3. The Morgan fingerprint density at radius 3 is 2.03 bits per heavy atom. The Bertz CT molecular complexity index is 759. The van der Waals surface area contributed by atoms with E-state index in [0.717, 1.165) is 12.1 Å². The lowest BCUT2D eigenvalue weighted by atomic mass is 9.95. The molecular weight excluding hydrogens is 402 g/mol. The zero-order chi connectivity index (χ0) is 22.5. The summed E-state index contributed by atoms with van der Waals surface area (Å²) in [4.78, 5) is 11.2. The minimum absolute atomic E-state index is 0. The molecule has 1 fully saturated rings. The highest BCUT2D eigenvalue weighted by Gasteiger charge is 2.14. The maximum absolute atomic E-state index is 4.48. The van der Waals surface area contributed by atoms with E-state index in [1.807, 2.05) is 6.20 Å². The van der Waals surface area contributed by atoms with Gasteiger partial charge in [0.2, 0.25) is 0 Å². The number of halogens is 1. The fraction of sp³-hybridized carbons (Fsp3) is 0.556. The third-order valence-corrected chi connectivity index (χ3v) is 5.52. The number of hydrogen-bond donors (Lipinski definition) is 0. The highest BCUT2D eigenvalue weighted by Crippen LogP contribution is 2.27. The van der Waals surface area contributed by atoms with Crippen molar-refractivity contribution < 1.29 is 0 Å². The third kappa shape index (κ3) is 10.3. The number of rotatable bonds is 6. The van der Waals surface area contributed by atoms with Crippen molar-refractivity contribution in [3.05, 3.63) is 64.4 Å². The van der Waals surface area contributed by atoms with Crippen LogP contribution in [0.25, 0.3) is 5.57 Å². The Balaban J connectivity index is 0.00000113. The molecule has 174 valence electrons. The molecule has 1 aromatic rings. The van der Waals surface area contributed by atoms with Gasteiger partial charge in [0.1, 0.15) is 0 Å². The van der Waals surface area contributed by atoms with E-state index in [-0.39, 0.29) is 12.4 Å². The maximum atomic E-state index is 4.48. The molecule has 1 aliphatic heterocycles. The molecular formula is C27H44ClN3. The summed E-state index contributed by atoms with van der Waals surface area (Å²) in [6, 6.07) is 0. The molecule has 0 N–H and O–H groups in total. The van der Waals surface area contributed by atoms with Crippen molar-refractivity contribution in [3.8, 4) is 0 Å². The Labute approximate surface area is 197 Å². The van der Waals surface area contributed by atoms with Gasteiger partial charge in [-0.25, -0.2) is 0 Å². The molecule has 0 radical (unpaired) electrons. The van der Waals surface area contributed by atoms with Crippen LogP contribution in [0.5, 0.6) is 0 Å². The minimum Gasteiger partial charge on any atom is -0.375 e. The standard InChI is InChI=1S/C21H31N3.C6H12.ClH/c1-6-19(21-15-22-10-11-23-21)14-20(16(2)3)17(4)18(5)24-12-8-7-9-13-24;1-4-5-6(2)3;/h10-11,14-15H,6-9,12-13H2,1-5H3;5H,4H2,1-3H3;1H/b18-17+,19-14+;;. The van der Waals surface area contributed by atoms with E-state index < -0.39 is 0 Å². The van der Waals surface area contributed by atoms with Crippen molar-refractivity contribution >= 4 is 18.0 Å². The molecule has 31 heavy (non-hydrogen) atoms. The maximum Gasteiger partial charge on any atom is 0.0844 e. The van der Waals surface area contributed by atoms with Gasteiger partial charge in [0, 0.05) is 31.2 Å². The average molecular weight is 446 g/mol. The first-order valence-electron chi connectivity index (χ1n) is 11.5. The summed E-state index contributed by atoms with van der Waals surface area (Å²) < 4.78 is 0. The van der Waals surface area contributed by atoms with Crippen molar-refractivity contribution in [2.24, 2.45) is 0 Å². The summed E-state index contributed by atoms with van der Waals surface area (Å²) in [5, 5.41) is 0. The summed E-state index contributed by atoms with van der Waals surface area (Å²) in [7, 11) is 0. The summed E-state index contributed by atoms with van der Waals surface area (Å²) in [5.41, 5.74) is 9.10. The largest absolute Gasteiger partial charge is 0.375 e. The number of aromatic nitrogens is 2. The van der Waals surface area contributed by atoms with E-state index in [2.05, 4.69) is 82.4 Å². The number of allylic oxidation sites excluding steroid dienone is 8. The van der Waals surface area contributed by atoms with Gasteiger partial charge in [-0.1, -0.05) is 31.1 Å². The molecule has 1 aliphatic rings. The van der Waals surface area contributed by atoms with Crippen LogP contribution in [0.1, 0.15) is 93.2 Å². The van der Waals surface area contributed by atoms with E-state index in [0.29, 0.717) is 0 Å². The lowest BCUT2D eigenvalue weighted by molar-refractivity contribution is 0.284. The fourth-order valence-electron chi connectivity index (χ4n) is 3.69. The number of nitrogens with zero attached hydrogens (tertiary/aromatic N) is 3. The molecule has 0 saturated carbocycles. The molecule has 4 heteroatoms.